The maximum Gasteiger partial charge on any atom is 0.254 e. The fourth-order valence-electron chi connectivity index (χ4n) is 10.1. The number of imide groups is 2. The van der Waals surface area contributed by atoms with Gasteiger partial charge in [0.15, 0.2) is 0 Å². The molecule has 9 aliphatic rings. The second-order valence-corrected chi connectivity index (χ2v) is 13.8. The number of amides is 4. The highest BCUT2D eigenvalue weighted by molar-refractivity contribution is 6.36. The van der Waals surface area contributed by atoms with E-state index >= 15 is 0 Å². The van der Waals surface area contributed by atoms with Crippen molar-refractivity contribution in [3.05, 3.63) is 112 Å². The second-order valence-electron chi connectivity index (χ2n) is 13.4. The number of hydrazone groups is 1. The summed E-state index contributed by atoms with van der Waals surface area (Å²) in [7, 11) is 0. The van der Waals surface area contributed by atoms with Crippen LogP contribution in [0.1, 0.15) is 34.6 Å². The van der Waals surface area contributed by atoms with E-state index in [-0.39, 0.29) is 53.2 Å². The Kier molecular flexibility index (Phi) is 4.67. The van der Waals surface area contributed by atoms with Gasteiger partial charge < -0.3 is 0 Å². The molecular weight excluding hydrogens is 574 g/mol. The van der Waals surface area contributed by atoms with Crippen LogP contribution in [0.25, 0.3) is 0 Å². The third-order valence-corrected chi connectivity index (χ3v) is 12.1. The Hall–Kier alpha value is -4.36. The van der Waals surface area contributed by atoms with Gasteiger partial charge >= 0.3 is 0 Å². The molecule has 44 heavy (non-hydrogen) atoms. The SMILES string of the molecule is O=C1[C@@H]2[C@H]3C=C[C@@H]([C@@H]4C[C@H]34)[C@@H]2C(=O)N1N=CC12c3ccccc3C(c3ccccc31)[C@@H]1C(=O)N(c3ccccc3Cl)C(=O)[C@H]12. The lowest BCUT2D eigenvalue weighted by molar-refractivity contribution is -0.140. The number of carbonyl (C=O) groups excluding carboxylic acids is 4. The average Bonchev–Trinajstić information content (AvgIpc) is 3.78. The smallest absolute Gasteiger partial charge is 0.254 e. The molecule has 3 aromatic rings. The summed E-state index contributed by atoms with van der Waals surface area (Å²) < 4.78 is 0. The van der Waals surface area contributed by atoms with Crippen LogP contribution in [-0.2, 0) is 24.6 Å². The molecule has 8 atom stereocenters. The molecule has 0 spiro atoms. The lowest BCUT2D eigenvalue weighted by Gasteiger charge is -2.52. The summed E-state index contributed by atoms with van der Waals surface area (Å²) in [5, 5.41) is 6.14. The number of rotatable bonds is 3. The molecule has 7 nitrogen and oxygen atoms in total. The predicted molar refractivity (Wildman–Crippen MR) is 161 cm³/mol. The van der Waals surface area contributed by atoms with Gasteiger partial charge in [0.1, 0.15) is 0 Å². The fourth-order valence-corrected chi connectivity index (χ4v) is 10.3. The fraction of sp³-hybridized carbons (Fsp3) is 0.306. The van der Waals surface area contributed by atoms with Gasteiger partial charge in [-0.25, -0.2) is 4.90 Å². The zero-order chi connectivity index (χ0) is 29.6. The number of nitrogens with zero attached hydrogens (tertiary/aromatic N) is 3. The molecule has 4 fully saturated rings. The van der Waals surface area contributed by atoms with Crippen molar-refractivity contribution in [1.29, 1.82) is 0 Å². The Morgan fingerprint density at radius 1 is 0.705 bits per heavy atom. The second kappa shape index (κ2) is 8.21. The van der Waals surface area contributed by atoms with Crippen LogP contribution in [0.15, 0.2) is 90.0 Å². The van der Waals surface area contributed by atoms with E-state index in [9.17, 15) is 19.2 Å². The molecule has 0 radical (unpaired) electrons. The average molecular weight is 600 g/mol. The van der Waals surface area contributed by atoms with Crippen molar-refractivity contribution in [1.82, 2.24) is 5.01 Å². The number of allylic oxidation sites excluding steroid dienone is 2. The summed E-state index contributed by atoms with van der Waals surface area (Å²) in [5.74, 6) is -2.67. The lowest BCUT2D eigenvalue weighted by Crippen LogP contribution is -2.55. The van der Waals surface area contributed by atoms with Gasteiger partial charge in [0.05, 0.1) is 39.8 Å². The van der Waals surface area contributed by atoms with Crippen molar-refractivity contribution in [3.63, 3.8) is 0 Å². The van der Waals surface area contributed by atoms with Crippen LogP contribution in [0.2, 0.25) is 5.02 Å². The van der Waals surface area contributed by atoms with Gasteiger partial charge in [-0.2, -0.15) is 10.1 Å². The van der Waals surface area contributed by atoms with Crippen LogP contribution < -0.4 is 4.90 Å². The topological polar surface area (TPSA) is 87.1 Å². The number of halogens is 1. The molecule has 3 aromatic carbocycles. The number of carbonyl (C=O) groups is 4. The third kappa shape index (κ3) is 2.75. The van der Waals surface area contributed by atoms with E-state index in [1.54, 1.807) is 30.5 Å². The van der Waals surface area contributed by atoms with E-state index in [4.69, 9.17) is 16.7 Å². The van der Waals surface area contributed by atoms with Crippen LogP contribution in [0.5, 0.6) is 0 Å². The van der Waals surface area contributed by atoms with Crippen molar-refractivity contribution >= 4 is 47.1 Å². The largest absolute Gasteiger partial charge is 0.274 e. The monoisotopic (exact) mass is 599 g/mol. The van der Waals surface area contributed by atoms with E-state index in [0.29, 0.717) is 22.5 Å². The molecule has 0 unspecified atom stereocenters. The number of anilines is 1. The van der Waals surface area contributed by atoms with Crippen molar-refractivity contribution in [2.24, 2.45) is 52.4 Å². The van der Waals surface area contributed by atoms with Gasteiger partial charge in [-0.3, -0.25) is 19.2 Å². The van der Waals surface area contributed by atoms with Crippen molar-refractivity contribution < 1.29 is 19.2 Å². The molecule has 2 saturated carbocycles. The molecule has 0 aromatic heterocycles. The van der Waals surface area contributed by atoms with Gasteiger partial charge in [-0.1, -0.05) is 84.4 Å². The van der Waals surface area contributed by atoms with Crippen molar-refractivity contribution in [2.45, 2.75) is 17.8 Å². The molecule has 7 aliphatic carbocycles. The summed E-state index contributed by atoms with van der Waals surface area (Å²) in [6.07, 6.45) is 7.01. The van der Waals surface area contributed by atoms with Gasteiger partial charge in [0.2, 0.25) is 11.8 Å². The highest BCUT2D eigenvalue weighted by Gasteiger charge is 2.70. The van der Waals surface area contributed by atoms with E-state index < -0.39 is 17.3 Å². The first kappa shape index (κ1) is 25.0. The standard InChI is InChI=1S/C36H26ClN3O4/c37-25-11-5-6-12-26(25)39-32(41)30-27-19-7-1-3-9-23(19)36(31(30)35(39)44,24-10-4-2-8-20(24)27)16-38-40-33(42)28-17-13-14-18(22-15-21(17)22)29(28)34(40)43/h1-14,16-18,21-22,27-31H,15H2/t17-,18-,21-,22+,27?,28-,29+,30-,31-,36?/m0/s1. The summed E-state index contributed by atoms with van der Waals surface area (Å²) in [5.41, 5.74) is 2.83. The Bertz CT molecular complexity index is 1870. The van der Waals surface area contributed by atoms with E-state index in [0.717, 1.165) is 33.7 Å². The van der Waals surface area contributed by atoms with Gasteiger partial charge in [-0.05, 0) is 64.5 Å². The Morgan fingerprint density at radius 3 is 1.89 bits per heavy atom. The summed E-state index contributed by atoms with van der Waals surface area (Å²) in [4.78, 5) is 58.0. The van der Waals surface area contributed by atoms with Crippen LogP contribution in [0, 0.1) is 47.3 Å². The van der Waals surface area contributed by atoms with E-state index in [1.807, 2.05) is 48.5 Å². The molecular formula is C36H26ClN3O4. The molecule has 4 amide bonds. The van der Waals surface area contributed by atoms with Crippen LogP contribution in [0.3, 0.4) is 0 Å². The highest BCUT2D eigenvalue weighted by atomic mass is 35.5. The van der Waals surface area contributed by atoms with Crippen LogP contribution >= 0.6 is 11.6 Å². The number of hydrogen-bond donors (Lipinski definition) is 0. The lowest BCUT2D eigenvalue weighted by atomic mass is 9.47. The first-order valence-electron chi connectivity index (χ1n) is 15.4. The molecule has 2 aliphatic heterocycles. The van der Waals surface area contributed by atoms with Crippen LogP contribution in [0.4, 0.5) is 5.69 Å². The zero-order valence-corrected chi connectivity index (χ0v) is 24.2. The summed E-state index contributed by atoms with van der Waals surface area (Å²) >= 11 is 6.56. The quantitative estimate of drug-likeness (QED) is 0.243. The van der Waals surface area contributed by atoms with Gasteiger partial charge in [0, 0.05) is 12.1 Å². The molecule has 0 N–H and O–H groups in total. The molecule has 216 valence electrons. The first-order valence-corrected chi connectivity index (χ1v) is 15.7. The molecule has 2 heterocycles. The predicted octanol–water partition coefficient (Wildman–Crippen LogP) is 4.93. The van der Waals surface area contributed by atoms with Gasteiger partial charge in [-0.15, -0.1) is 0 Å². The summed E-state index contributed by atoms with van der Waals surface area (Å²) in [6.45, 7) is 0. The molecule has 12 rings (SSSR count). The normalized spacial score (nSPS) is 38.2. The third-order valence-electron chi connectivity index (χ3n) is 11.8. The maximum atomic E-state index is 14.6. The number of para-hydroxylation sites is 1. The highest BCUT2D eigenvalue weighted by Crippen LogP contribution is 2.66. The summed E-state index contributed by atoms with van der Waals surface area (Å²) in [6, 6.07) is 22.6. The van der Waals surface area contributed by atoms with Crippen molar-refractivity contribution in [2.75, 3.05) is 4.90 Å². The molecule has 2 saturated heterocycles. The Labute approximate surface area is 258 Å². The Balaban J connectivity index is 1.16. The minimum Gasteiger partial charge on any atom is -0.274 e. The van der Waals surface area contributed by atoms with Crippen LogP contribution in [-0.4, -0.2) is 34.9 Å². The zero-order valence-electron chi connectivity index (χ0n) is 23.4. The van der Waals surface area contributed by atoms with Gasteiger partial charge in [0.25, 0.3) is 11.8 Å². The van der Waals surface area contributed by atoms with Crippen molar-refractivity contribution in [3.8, 4) is 0 Å². The maximum absolute atomic E-state index is 14.6. The minimum atomic E-state index is -1.18. The minimum absolute atomic E-state index is 0.0824. The number of benzene rings is 3. The van der Waals surface area contributed by atoms with E-state index in [2.05, 4.69) is 12.2 Å². The Morgan fingerprint density at radius 2 is 1.27 bits per heavy atom. The number of hydrogen-bond acceptors (Lipinski definition) is 5. The first-order chi connectivity index (χ1) is 21.4. The van der Waals surface area contributed by atoms with E-state index in [1.165, 1.54) is 4.90 Å². The molecule has 4 bridgehead atoms. The molecule has 8 heteroatoms.